The van der Waals surface area contributed by atoms with E-state index in [4.69, 9.17) is 0 Å². The van der Waals surface area contributed by atoms with Gasteiger partial charge in [0.2, 0.25) is 5.95 Å². The molecule has 0 radical (unpaired) electrons. The number of anilines is 3. The summed E-state index contributed by atoms with van der Waals surface area (Å²) in [5.41, 5.74) is 1.44. The van der Waals surface area contributed by atoms with E-state index in [-0.39, 0.29) is 5.56 Å². The highest BCUT2D eigenvalue weighted by atomic mass is 16.4. The first-order valence-corrected chi connectivity index (χ1v) is 6.40. The van der Waals surface area contributed by atoms with E-state index in [1.807, 2.05) is 6.92 Å². The quantitative estimate of drug-likeness (QED) is 0.707. The number of hydrogen-bond acceptors (Lipinski definition) is 5. The fraction of sp³-hybridized carbons (Fsp3) is 0.133. The lowest BCUT2D eigenvalue weighted by Gasteiger charge is -2.11. The third-order valence-electron chi connectivity index (χ3n) is 2.68. The molecule has 0 aliphatic heterocycles. The van der Waals surface area contributed by atoms with Gasteiger partial charge in [0.25, 0.3) is 0 Å². The van der Waals surface area contributed by atoms with E-state index in [0.717, 1.165) is 5.69 Å². The van der Waals surface area contributed by atoms with Crippen molar-refractivity contribution in [2.75, 3.05) is 17.2 Å². The molecule has 1 aromatic heterocycles. The van der Waals surface area contributed by atoms with Gasteiger partial charge in [-0.2, -0.15) is 4.98 Å². The van der Waals surface area contributed by atoms with Crippen molar-refractivity contribution in [3.8, 4) is 0 Å². The summed E-state index contributed by atoms with van der Waals surface area (Å²) in [7, 11) is 0. The molecule has 0 bridgehead atoms. The zero-order valence-electron chi connectivity index (χ0n) is 11.6. The minimum absolute atomic E-state index is 0.189. The number of rotatable bonds is 6. The molecule has 0 saturated carbocycles. The van der Waals surface area contributed by atoms with Gasteiger partial charge in [0.05, 0.1) is 11.3 Å². The third kappa shape index (κ3) is 3.79. The van der Waals surface area contributed by atoms with Crippen LogP contribution in [0, 0.1) is 6.92 Å². The molecule has 6 nitrogen and oxygen atoms in total. The van der Waals surface area contributed by atoms with Crippen molar-refractivity contribution in [3.63, 3.8) is 0 Å². The lowest BCUT2D eigenvalue weighted by atomic mass is 10.2. The number of benzene rings is 1. The zero-order valence-corrected chi connectivity index (χ0v) is 11.6. The van der Waals surface area contributed by atoms with Crippen molar-refractivity contribution < 1.29 is 9.90 Å². The molecule has 21 heavy (non-hydrogen) atoms. The Morgan fingerprint density at radius 2 is 2.14 bits per heavy atom. The summed E-state index contributed by atoms with van der Waals surface area (Å²) in [6.07, 6.45) is 1.71. The molecule has 6 heteroatoms. The standard InChI is InChI=1S/C15H16N4O2/c1-3-8-16-15-17-10(2)9-13(19-15)18-12-7-5-4-6-11(12)14(20)21/h3-7,9H,1,8H2,2H3,(H,20,21)(H2,16,17,18,19). The Balaban J connectivity index is 2.29. The van der Waals surface area contributed by atoms with Crippen molar-refractivity contribution in [2.45, 2.75) is 6.92 Å². The first-order chi connectivity index (χ1) is 10.1. The summed E-state index contributed by atoms with van der Waals surface area (Å²) >= 11 is 0. The molecule has 3 N–H and O–H groups in total. The Hall–Kier alpha value is -2.89. The van der Waals surface area contributed by atoms with Crippen LogP contribution in [0.25, 0.3) is 0 Å². The topological polar surface area (TPSA) is 87.1 Å². The second kappa shape index (κ2) is 6.51. The molecule has 0 fully saturated rings. The van der Waals surface area contributed by atoms with Crippen LogP contribution in [0.5, 0.6) is 0 Å². The van der Waals surface area contributed by atoms with Gasteiger partial charge in [0.15, 0.2) is 0 Å². The molecule has 108 valence electrons. The Morgan fingerprint density at radius 1 is 1.38 bits per heavy atom. The number of carbonyl (C=O) groups is 1. The summed E-state index contributed by atoms with van der Waals surface area (Å²) in [5.74, 6) is 0.00172. The molecule has 2 aromatic rings. The molecular weight excluding hydrogens is 268 g/mol. The first kappa shape index (κ1) is 14.5. The molecule has 0 saturated heterocycles. The van der Waals surface area contributed by atoms with E-state index in [1.165, 1.54) is 6.07 Å². The molecule has 0 atom stereocenters. The number of aromatic nitrogens is 2. The number of aromatic carboxylic acids is 1. The lowest BCUT2D eigenvalue weighted by Crippen LogP contribution is -2.07. The summed E-state index contributed by atoms with van der Waals surface area (Å²) in [6, 6.07) is 8.42. The highest BCUT2D eigenvalue weighted by Gasteiger charge is 2.10. The van der Waals surface area contributed by atoms with Crippen LogP contribution in [-0.2, 0) is 0 Å². The van der Waals surface area contributed by atoms with Gasteiger partial charge in [-0.3, -0.25) is 0 Å². The largest absolute Gasteiger partial charge is 0.478 e. The van der Waals surface area contributed by atoms with E-state index in [1.54, 1.807) is 30.3 Å². The van der Waals surface area contributed by atoms with Gasteiger partial charge in [-0.05, 0) is 19.1 Å². The van der Waals surface area contributed by atoms with Crippen LogP contribution in [0.4, 0.5) is 17.5 Å². The van der Waals surface area contributed by atoms with E-state index >= 15 is 0 Å². The molecule has 2 rings (SSSR count). The van der Waals surface area contributed by atoms with E-state index in [9.17, 15) is 9.90 Å². The molecule has 1 aromatic carbocycles. The molecule has 1 heterocycles. The second-order valence-electron chi connectivity index (χ2n) is 4.36. The summed E-state index contributed by atoms with van der Waals surface area (Å²) in [6.45, 7) is 6.01. The normalized spacial score (nSPS) is 9.95. The minimum Gasteiger partial charge on any atom is -0.478 e. The van der Waals surface area contributed by atoms with E-state index in [0.29, 0.717) is 24.0 Å². The van der Waals surface area contributed by atoms with Gasteiger partial charge >= 0.3 is 5.97 Å². The van der Waals surface area contributed by atoms with Crippen LogP contribution in [-0.4, -0.2) is 27.6 Å². The Morgan fingerprint density at radius 3 is 2.86 bits per heavy atom. The highest BCUT2D eigenvalue weighted by Crippen LogP contribution is 2.20. The van der Waals surface area contributed by atoms with E-state index in [2.05, 4.69) is 27.2 Å². The molecule has 0 amide bonds. The van der Waals surface area contributed by atoms with Crippen LogP contribution in [0.3, 0.4) is 0 Å². The highest BCUT2D eigenvalue weighted by molar-refractivity contribution is 5.95. The Bertz CT molecular complexity index is 670. The molecule has 0 unspecified atom stereocenters. The molecule has 0 aliphatic rings. The van der Waals surface area contributed by atoms with E-state index < -0.39 is 5.97 Å². The maximum Gasteiger partial charge on any atom is 0.337 e. The van der Waals surface area contributed by atoms with Crippen molar-refractivity contribution >= 4 is 23.4 Å². The summed E-state index contributed by atoms with van der Waals surface area (Å²) in [4.78, 5) is 19.7. The maximum absolute atomic E-state index is 11.2. The van der Waals surface area contributed by atoms with Gasteiger partial charge in [-0.25, -0.2) is 9.78 Å². The SMILES string of the molecule is C=CCNc1nc(C)cc(Nc2ccccc2C(=O)O)n1. The molecular formula is C15H16N4O2. The monoisotopic (exact) mass is 284 g/mol. The average Bonchev–Trinajstić information content (AvgIpc) is 2.45. The van der Waals surface area contributed by atoms with Crippen LogP contribution in [0.2, 0.25) is 0 Å². The predicted molar refractivity (Wildman–Crippen MR) is 82.1 cm³/mol. The lowest BCUT2D eigenvalue weighted by molar-refractivity contribution is 0.0698. The smallest absolute Gasteiger partial charge is 0.337 e. The number of carboxylic acids is 1. The van der Waals surface area contributed by atoms with Gasteiger partial charge in [-0.1, -0.05) is 18.2 Å². The number of carboxylic acid groups (broad SMARTS) is 1. The van der Waals surface area contributed by atoms with Crippen LogP contribution in [0.1, 0.15) is 16.1 Å². The minimum atomic E-state index is -0.992. The van der Waals surface area contributed by atoms with Crippen molar-refractivity contribution in [3.05, 3.63) is 54.2 Å². The first-order valence-electron chi connectivity index (χ1n) is 6.40. The number of nitrogens with one attached hydrogen (secondary N) is 2. The third-order valence-corrected chi connectivity index (χ3v) is 2.68. The number of nitrogens with zero attached hydrogens (tertiary/aromatic N) is 2. The maximum atomic E-state index is 11.2. The number of aryl methyl sites for hydroxylation is 1. The van der Waals surface area contributed by atoms with Crippen molar-refractivity contribution in [2.24, 2.45) is 0 Å². The number of hydrogen-bond donors (Lipinski definition) is 3. The van der Waals surface area contributed by atoms with Gasteiger partial charge in [0, 0.05) is 18.3 Å². The summed E-state index contributed by atoms with van der Waals surface area (Å²) < 4.78 is 0. The van der Waals surface area contributed by atoms with Crippen molar-refractivity contribution in [1.82, 2.24) is 9.97 Å². The average molecular weight is 284 g/mol. The summed E-state index contributed by atoms with van der Waals surface area (Å²) in [5, 5.41) is 15.2. The van der Waals surface area contributed by atoms with Crippen LogP contribution >= 0.6 is 0 Å². The fourth-order valence-electron chi connectivity index (χ4n) is 1.79. The fourth-order valence-corrected chi connectivity index (χ4v) is 1.79. The van der Waals surface area contributed by atoms with Crippen LogP contribution in [0.15, 0.2) is 43.0 Å². The molecule has 0 spiro atoms. The zero-order chi connectivity index (χ0) is 15.2. The van der Waals surface area contributed by atoms with Gasteiger partial charge < -0.3 is 15.7 Å². The Labute approximate surface area is 122 Å². The molecule has 0 aliphatic carbocycles. The Kier molecular flexibility index (Phi) is 4.50. The van der Waals surface area contributed by atoms with Crippen LogP contribution < -0.4 is 10.6 Å². The van der Waals surface area contributed by atoms with Gasteiger partial charge in [-0.15, -0.1) is 6.58 Å². The predicted octanol–water partition coefficient (Wildman–Crippen LogP) is 2.82. The van der Waals surface area contributed by atoms with Gasteiger partial charge in [0.1, 0.15) is 5.82 Å². The second-order valence-corrected chi connectivity index (χ2v) is 4.36. The van der Waals surface area contributed by atoms with Crippen molar-refractivity contribution in [1.29, 1.82) is 0 Å². The number of para-hydroxylation sites is 1.